The van der Waals surface area contributed by atoms with Gasteiger partial charge in [-0.1, -0.05) is 48.2 Å². The Labute approximate surface area is 174 Å². The lowest BCUT2D eigenvalue weighted by molar-refractivity contribution is 0.0996. The molecule has 9 heteroatoms. The average molecular weight is 423 g/mol. The first kappa shape index (κ1) is 20.6. The van der Waals surface area contributed by atoms with Gasteiger partial charge in [0.25, 0.3) is 5.91 Å². The number of nitrogens with two attached hydrogens (primary N) is 3. The van der Waals surface area contributed by atoms with E-state index in [-0.39, 0.29) is 16.5 Å². The van der Waals surface area contributed by atoms with Gasteiger partial charge < -0.3 is 22.1 Å². The Hall–Kier alpha value is -2.09. The van der Waals surface area contributed by atoms with E-state index in [9.17, 15) is 4.79 Å². The standard InChI is InChI=1S/C19H24Cl2N6O/c20-13-7-4-6-12(15(13)21)14-16(18(24)28)25-19(26-17(14)23)27-8-3-1-2-5-11(9-22)10-27/h4,6-7,11H,1-3,5,8-10,22H2,(H2,24,28)(H2,23,25,26)/t11-/m0/s1. The van der Waals surface area contributed by atoms with E-state index in [2.05, 4.69) is 9.97 Å². The topological polar surface area (TPSA) is 124 Å². The smallest absolute Gasteiger partial charge is 0.268 e. The number of hydrogen-bond donors (Lipinski definition) is 3. The van der Waals surface area contributed by atoms with Crippen molar-refractivity contribution < 1.29 is 4.79 Å². The summed E-state index contributed by atoms with van der Waals surface area (Å²) in [5.41, 5.74) is 18.6. The normalized spacial score (nSPS) is 17.8. The Balaban J connectivity index is 2.08. The van der Waals surface area contributed by atoms with Crippen LogP contribution in [0.15, 0.2) is 18.2 Å². The van der Waals surface area contributed by atoms with Gasteiger partial charge in [-0.05, 0) is 31.4 Å². The molecule has 0 spiro atoms. The molecule has 0 saturated carbocycles. The highest BCUT2D eigenvalue weighted by Crippen LogP contribution is 2.38. The summed E-state index contributed by atoms with van der Waals surface area (Å²) in [6.07, 6.45) is 4.34. The zero-order valence-corrected chi connectivity index (χ0v) is 17.0. The molecule has 1 aromatic heterocycles. The number of amides is 1. The van der Waals surface area contributed by atoms with E-state index in [4.69, 9.17) is 40.4 Å². The molecule has 7 nitrogen and oxygen atoms in total. The third-order valence-electron chi connectivity index (χ3n) is 5.01. The molecule has 28 heavy (non-hydrogen) atoms. The lowest BCUT2D eigenvalue weighted by atomic mass is 9.98. The maximum Gasteiger partial charge on any atom is 0.268 e. The molecule has 1 fully saturated rings. The van der Waals surface area contributed by atoms with Crippen molar-refractivity contribution in [2.24, 2.45) is 17.4 Å². The van der Waals surface area contributed by atoms with E-state index >= 15 is 0 Å². The first-order valence-corrected chi connectivity index (χ1v) is 10.0. The number of halogens is 2. The van der Waals surface area contributed by atoms with Gasteiger partial charge in [0.1, 0.15) is 11.5 Å². The van der Waals surface area contributed by atoms with Crippen LogP contribution < -0.4 is 22.1 Å². The second-order valence-electron chi connectivity index (χ2n) is 7.00. The van der Waals surface area contributed by atoms with Crippen molar-refractivity contribution in [3.8, 4) is 11.1 Å². The van der Waals surface area contributed by atoms with Crippen LogP contribution >= 0.6 is 23.2 Å². The molecule has 2 heterocycles. The fraction of sp³-hybridized carbons (Fsp3) is 0.421. The summed E-state index contributed by atoms with van der Waals surface area (Å²) in [6.45, 7) is 2.07. The molecule has 0 radical (unpaired) electrons. The van der Waals surface area contributed by atoms with Gasteiger partial charge in [-0.15, -0.1) is 0 Å². The minimum atomic E-state index is -0.705. The van der Waals surface area contributed by atoms with Crippen LogP contribution in [0.2, 0.25) is 10.0 Å². The molecular formula is C19H24Cl2N6O. The lowest BCUT2D eigenvalue weighted by Crippen LogP contribution is -2.37. The van der Waals surface area contributed by atoms with E-state index in [1.165, 1.54) is 0 Å². The predicted molar refractivity (Wildman–Crippen MR) is 114 cm³/mol. The monoisotopic (exact) mass is 422 g/mol. The van der Waals surface area contributed by atoms with E-state index in [1.54, 1.807) is 18.2 Å². The minimum absolute atomic E-state index is 0.0259. The fourth-order valence-electron chi connectivity index (χ4n) is 3.53. The number of benzene rings is 1. The van der Waals surface area contributed by atoms with E-state index in [0.29, 0.717) is 41.1 Å². The van der Waals surface area contributed by atoms with E-state index in [1.807, 2.05) is 4.90 Å². The van der Waals surface area contributed by atoms with Crippen molar-refractivity contribution >= 4 is 40.9 Å². The Morgan fingerprint density at radius 3 is 2.71 bits per heavy atom. The molecule has 1 aliphatic rings. The van der Waals surface area contributed by atoms with Gasteiger partial charge >= 0.3 is 0 Å². The van der Waals surface area contributed by atoms with Gasteiger partial charge in [0, 0.05) is 18.7 Å². The van der Waals surface area contributed by atoms with Crippen LogP contribution in [0.3, 0.4) is 0 Å². The Bertz CT molecular complexity index is 876. The second kappa shape index (κ2) is 8.94. The highest BCUT2D eigenvalue weighted by Gasteiger charge is 2.25. The molecule has 0 unspecified atom stereocenters. The quantitative estimate of drug-likeness (QED) is 0.694. The second-order valence-corrected chi connectivity index (χ2v) is 7.78. The number of anilines is 2. The number of aromatic nitrogens is 2. The molecule has 0 aliphatic carbocycles. The van der Waals surface area contributed by atoms with Crippen LogP contribution in [0.1, 0.15) is 36.2 Å². The van der Waals surface area contributed by atoms with Gasteiger partial charge in [-0.3, -0.25) is 4.79 Å². The van der Waals surface area contributed by atoms with Crippen LogP contribution in [0, 0.1) is 5.92 Å². The Morgan fingerprint density at radius 1 is 1.21 bits per heavy atom. The summed E-state index contributed by atoms with van der Waals surface area (Å²) < 4.78 is 0. The molecule has 1 aromatic carbocycles. The highest BCUT2D eigenvalue weighted by molar-refractivity contribution is 6.44. The van der Waals surface area contributed by atoms with Crippen molar-refractivity contribution in [3.05, 3.63) is 33.9 Å². The number of carbonyl (C=O) groups is 1. The van der Waals surface area contributed by atoms with Crippen LogP contribution in [0.4, 0.5) is 11.8 Å². The number of nitrogen functional groups attached to an aromatic ring is 1. The fourth-order valence-corrected chi connectivity index (χ4v) is 3.92. The van der Waals surface area contributed by atoms with Gasteiger partial charge in [0.05, 0.1) is 15.6 Å². The Kier molecular flexibility index (Phi) is 6.59. The lowest BCUT2D eigenvalue weighted by Gasteiger charge is -2.30. The number of hydrogen-bond acceptors (Lipinski definition) is 6. The van der Waals surface area contributed by atoms with Crippen molar-refractivity contribution in [3.63, 3.8) is 0 Å². The first-order valence-electron chi connectivity index (χ1n) is 9.29. The average Bonchev–Trinajstić information content (AvgIpc) is 2.64. The number of nitrogens with zero attached hydrogens (tertiary/aromatic N) is 3. The maximum atomic E-state index is 12.2. The van der Waals surface area contributed by atoms with Gasteiger partial charge in [-0.25, -0.2) is 4.98 Å². The Morgan fingerprint density at radius 2 is 2.00 bits per heavy atom. The maximum absolute atomic E-state index is 12.2. The summed E-state index contributed by atoms with van der Waals surface area (Å²) in [5, 5.41) is 0.608. The SMILES string of the molecule is NC[C@@H]1CCCCCN(c2nc(N)c(-c3cccc(Cl)c3Cl)c(C(N)=O)n2)C1. The highest BCUT2D eigenvalue weighted by atomic mass is 35.5. The first-order chi connectivity index (χ1) is 13.4. The number of carbonyl (C=O) groups excluding carboxylic acids is 1. The number of rotatable bonds is 4. The summed E-state index contributed by atoms with van der Waals surface area (Å²) in [6, 6.07) is 5.07. The summed E-state index contributed by atoms with van der Waals surface area (Å²) >= 11 is 12.4. The molecule has 150 valence electrons. The van der Waals surface area contributed by atoms with Crippen LogP contribution in [-0.4, -0.2) is 35.5 Å². The molecule has 1 aliphatic heterocycles. The minimum Gasteiger partial charge on any atom is -0.383 e. The molecule has 1 amide bonds. The molecule has 0 bridgehead atoms. The van der Waals surface area contributed by atoms with Gasteiger partial charge in [-0.2, -0.15) is 4.98 Å². The molecule has 3 rings (SSSR count). The van der Waals surface area contributed by atoms with E-state index < -0.39 is 5.91 Å². The van der Waals surface area contributed by atoms with Crippen molar-refractivity contribution in [2.45, 2.75) is 25.7 Å². The molecule has 6 N–H and O–H groups in total. The third kappa shape index (κ3) is 4.32. The zero-order valence-electron chi connectivity index (χ0n) is 15.5. The van der Waals surface area contributed by atoms with Crippen molar-refractivity contribution in [1.29, 1.82) is 0 Å². The van der Waals surface area contributed by atoms with Crippen LogP contribution in [0.5, 0.6) is 0 Å². The molecule has 1 saturated heterocycles. The van der Waals surface area contributed by atoms with Gasteiger partial charge in [0.2, 0.25) is 5.95 Å². The summed E-state index contributed by atoms with van der Waals surface area (Å²) in [4.78, 5) is 23.1. The van der Waals surface area contributed by atoms with E-state index in [0.717, 1.165) is 32.2 Å². The van der Waals surface area contributed by atoms with Crippen molar-refractivity contribution in [2.75, 3.05) is 30.3 Å². The number of primary amides is 1. The third-order valence-corrected chi connectivity index (χ3v) is 5.83. The molecule has 2 aromatic rings. The largest absolute Gasteiger partial charge is 0.383 e. The van der Waals surface area contributed by atoms with Gasteiger partial charge in [0.15, 0.2) is 0 Å². The van der Waals surface area contributed by atoms with Crippen molar-refractivity contribution in [1.82, 2.24) is 9.97 Å². The van der Waals surface area contributed by atoms with Crippen LogP contribution in [0.25, 0.3) is 11.1 Å². The zero-order chi connectivity index (χ0) is 20.3. The summed E-state index contributed by atoms with van der Waals surface area (Å²) in [5.74, 6) is 0.149. The summed E-state index contributed by atoms with van der Waals surface area (Å²) in [7, 11) is 0. The predicted octanol–water partition coefficient (Wildman–Crippen LogP) is 3.09. The van der Waals surface area contributed by atoms with Crippen LogP contribution in [-0.2, 0) is 0 Å². The molecular weight excluding hydrogens is 399 g/mol. The molecule has 1 atom stereocenters.